The highest BCUT2D eigenvalue weighted by Gasteiger charge is 2.13. The van der Waals surface area contributed by atoms with Crippen LogP contribution in [0.4, 0.5) is 5.95 Å². The molecule has 3 N–H and O–H groups in total. The average Bonchev–Trinajstić information content (AvgIpc) is 2.61. The summed E-state index contributed by atoms with van der Waals surface area (Å²) >= 11 is 3.42. The first kappa shape index (κ1) is 11.2. The molecular formula is C12H14BrN3. The summed E-state index contributed by atoms with van der Waals surface area (Å²) in [5.74, 6) is 0.852. The van der Waals surface area contributed by atoms with Crippen LogP contribution >= 0.6 is 15.9 Å². The van der Waals surface area contributed by atoms with Crippen LogP contribution in [0.15, 0.2) is 28.7 Å². The molecule has 2 rings (SSSR count). The number of nitrogens with zero attached hydrogens (tertiary/aromatic N) is 1. The molecule has 1 heterocycles. The minimum absolute atomic E-state index is 0.378. The molecule has 0 atom stereocenters. The van der Waals surface area contributed by atoms with E-state index in [1.807, 2.05) is 24.3 Å². The minimum Gasteiger partial charge on any atom is -0.369 e. The monoisotopic (exact) mass is 279 g/mol. The quantitative estimate of drug-likeness (QED) is 0.884. The van der Waals surface area contributed by atoms with E-state index in [4.69, 9.17) is 5.73 Å². The van der Waals surface area contributed by atoms with E-state index in [1.165, 1.54) is 0 Å². The Balaban J connectivity index is 2.50. The van der Waals surface area contributed by atoms with Gasteiger partial charge >= 0.3 is 0 Å². The van der Waals surface area contributed by atoms with Crippen LogP contribution in [0.3, 0.4) is 0 Å². The Morgan fingerprint density at radius 3 is 2.44 bits per heavy atom. The lowest BCUT2D eigenvalue weighted by Crippen LogP contribution is -1.91. The number of rotatable bonds is 2. The number of H-pyrrole nitrogens is 1. The van der Waals surface area contributed by atoms with E-state index in [0.29, 0.717) is 11.9 Å². The number of halogens is 1. The molecular weight excluding hydrogens is 266 g/mol. The zero-order chi connectivity index (χ0) is 11.7. The molecule has 0 saturated heterocycles. The molecule has 0 radical (unpaired) electrons. The normalized spacial score (nSPS) is 11.0. The van der Waals surface area contributed by atoms with Gasteiger partial charge in [-0.15, -0.1) is 0 Å². The Morgan fingerprint density at radius 2 is 1.88 bits per heavy atom. The molecule has 1 aromatic carbocycles. The van der Waals surface area contributed by atoms with Crippen molar-refractivity contribution in [3.05, 3.63) is 34.4 Å². The highest BCUT2D eigenvalue weighted by molar-refractivity contribution is 9.10. The lowest BCUT2D eigenvalue weighted by Gasteiger charge is -2.05. The molecule has 3 nitrogen and oxygen atoms in total. The van der Waals surface area contributed by atoms with Crippen molar-refractivity contribution in [3.8, 4) is 11.3 Å². The number of nitrogens with one attached hydrogen (secondary N) is 1. The van der Waals surface area contributed by atoms with Crippen LogP contribution in [0, 0.1) is 0 Å². The second-order valence-electron chi connectivity index (χ2n) is 4.05. The van der Waals surface area contributed by atoms with Gasteiger partial charge in [0.05, 0.1) is 5.69 Å². The third-order valence-corrected chi connectivity index (χ3v) is 2.97. The Kier molecular flexibility index (Phi) is 3.01. The van der Waals surface area contributed by atoms with Gasteiger partial charge in [-0.2, -0.15) is 0 Å². The van der Waals surface area contributed by atoms with E-state index in [0.717, 1.165) is 21.4 Å². The molecule has 0 fully saturated rings. The first-order chi connectivity index (χ1) is 7.58. The number of anilines is 1. The Hall–Kier alpha value is -1.29. The number of nitrogen functional groups attached to an aromatic ring is 1. The van der Waals surface area contributed by atoms with Crippen LogP contribution in [0.1, 0.15) is 25.5 Å². The van der Waals surface area contributed by atoms with Gasteiger partial charge in [-0.25, -0.2) is 4.98 Å². The van der Waals surface area contributed by atoms with E-state index in [9.17, 15) is 0 Å². The van der Waals surface area contributed by atoms with E-state index >= 15 is 0 Å². The largest absolute Gasteiger partial charge is 0.369 e. The lowest BCUT2D eigenvalue weighted by molar-refractivity contribution is 0.836. The van der Waals surface area contributed by atoms with Crippen LogP contribution in [-0.2, 0) is 0 Å². The summed E-state index contributed by atoms with van der Waals surface area (Å²) in [6.45, 7) is 4.24. The van der Waals surface area contributed by atoms with Crippen LogP contribution in [-0.4, -0.2) is 9.97 Å². The van der Waals surface area contributed by atoms with Crippen molar-refractivity contribution < 1.29 is 0 Å². The van der Waals surface area contributed by atoms with Gasteiger partial charge in [-0.05, 0) is 18.1 Å². The summed E-state index contributed by atoms with van der Waals surface area (Å²) in [4.78, 5) is 7.45. The summed E-state index contributed by atoms with van der Waals surface area (Å²) in [7, 11) is 0. The number of nitrogens with two attached hydrogens (primary N) is 1. The fourth-order valence-corrected chi connectivity index (χ4v) is 1.92. The molecule has 84 valence electrons. The number of hydrogen-bond donors (Lipinski definition) is 2. The second-order valence-corrected chi connectivity index (χ2v) is 4.96. The van der Waals surface area contributed by atoms with Crippen LogP contribution < -0.4 is 5.73 Å². The van der Waals surface area contributed by atoms with Gasteiger partial charge in [0.15, 0.2) is 5.95 Å². The predicted molar refractivity (Wildman–Crippen MR) is 70.2 cm³/mol. The Bertz CT molecular complexity index is 485. The van der Waals surface area contributed by atoms with Crippen molar-refractivity contribution in [2.24, 2.45) is 0 Å². The summed E-state index contributed by atoms with van der Waals surface area (Å²) in [5, 5.41) is 0. The second kappa shape index (κ2) is 4.29. The fourth-order valence-electron chi connectivity index (χ4n) is 1.65. The highest BCUT2D eigenvalue weighted by atomic mass is 79.9. The Labute approximate surface area is 103 Å². The predicted octanol–water partition coefficient (Wildman–Crippen LogP) is 3.54. The van der Waals surface area contributed by atoms with Crippen LogP contribution in [0.5, 0.6) is 0 Å². The number of imidazole rings is 1. The SMILES string of the molecule is CC(C)c1[nH]c(N)nc1-c1ccc(Br)cc1. The molecule has 0 aliphatic heterocycles. The number of benzene rings is 1. The summed E-state index contributed by atoms with van der Waals surface area (Å²) in [5.41, 5.74) is 8.82. The highest BCUT2D eigenvalue weighted by Crippen LogP contribution is 2.28. The zero-order valence-corrected chi connectivity index (χ0v) is 10.9. The molecule has 0 spiro atoms. The fraction of sp³-hybridized carbons (Fsp3) is 0.250. The van der Waals surface area contributed by atoms with E-state index in [2.05, 4.69) is 39.7 Å². The van der Waals surface area contributed by atoms with Crippen molar-refractivity contribution in [2.45, 2.75) is 19.8 Å². The van der Waals surface area contributed by atoms with E-state index in [-0.39, 0.29) is 0 Å². The molecule has 0 aliphatic carbocycles. The summed E-state index contributed by atoms with van der Waals surface area (Å²) < 4.78 is 1.06. The Morgan fingerprint density at radius 1 is 1.25 bits per heavy atom. The summed E-state index contributed by atoms with van der Waals surface area (Å²) in [6.07, 6.45) is 0. The standard InChI is InChI=1S/C12H14BrN3/c1-7(2)10-11(16-12(14)15-10)8-3-5-9(13)6-4-8/h3-7H,1-2H3,(H3,14,15,16). The third-order valence-electron chi connectivity index (χ3n) is 2.45. The first-order valence-electron chi connectivity index (χ1n) is 5.19. The van der Waals surface area contributed by atoms with E-state index in [1.54, 1.807) is 0 Å². The maximum atomic E-state index is 5.71. The molecule has 0 aliphatic rings. The van der Waals surface area contributed by atoms with Gasteiger partial charge in [-0.1, -0.05) is 41.9 Å². The van der Waals surface area contributed by atoms with E-state index < -0.39 is 0 Å². The molecule has 2 aromatic rings. The number of aromatic amines is 1. The molecule has 1 aromatic heterocycles. The van der Waals surface area contributed by atoms with Gasteiger partial charge in [0.1, 0.15) is 0 Å². The molecule has 16 heavy (non-hydrogen) atoms. The van der Waals surface area contributed by atoms with Crippen molar-refractivity contribution in [1.82, 2.24) is 9.97 Å². The topological polar surface area (TPSA) is 54.7 Å². The average molecular weight is 280 g/mol. The first-order valence-corrected chi connectivity index (χ1v) is 5.98. The van der Waals surface area contributed by atoms with Crippen LogP contribution in [0.2, 0.25) is 0 Å². The molecule has 0 amide bonds. The van der Waals surface area contributed by atoms with Gasteiger partial charge in [0, 0.05) is 15.7 Å². The van der Waals surface area contributed by atoms with Crippen molar-refractivity contribution in [1.29, 1.82) is 0 Å². The van der Waals surface area contributed by atoms with Gasteiger partial charge in [-0.3, -0.25) is 0 Å². The summed E-state index contributed by atoms with van der Waals surface area (Å²) in [6, 6.07) is 8.08. The lowest BCUT2D eigenvalue weighted by atomic mass is 10.0. The van der Waals surface area contributed by atoms with Gasteiger partial charge < -0.3 is 10.7 Å². The van der Waals surface area contributed by atoms with Crippen LogP contribution in [0.25, 0.3) is 11.3 Å². The maximum Gasteiger partial charge on any atom is 0.198 e. The smallest absolute Gasteiger partial charge is 0.198 e. The molecule has 0 unspecified atom stereocenters. The van der Waals surface area contributed by atoms with Crippen molar-refractivity contribution in [2.75, 3.05) is 5.73 Å². The van der Waals surface area contributed by atoms with Gasteiger partial charge in [0.25, 0.3) is 0 Å². The molecule has 4 heteroatoms. The zero-order valence-electron chi connectivity index (χ0n) is 9.29. The molecule has 0 bridgehead atoms. The number of hydrogen-bond acceptors (Lipinski definition) is 2. The minimum atomic E-state index is 0.378. The number of aromatic nitrogens is 2. The van der Waals surface area contributed by atoms with Crippen molar-refractivity contribution >= 4 is 21.9 Å². The van der Waals surface area contributed by atoms with Crippen molar-refractivity contribution in [3.63, 3.8) is 0 Å². The molecule has 0 saturated carbocycles. The maximum absolute atomic E-state index is 5.71. The third kappa shape index (κ3) is 2.11. The van der Waals surface area contributed by atoms with Gasteiger partial charge in [0.2, 0.25) is 0 Å².